The van der Waals surface area contributed by atoms with Gasteiger partial charge < -0.3 is 0 Å². The Balaban J connectivity index is 4.74. The van der Waals surface area contributed by atoms with Crippen molar-refractivity contribution in [2.75, 3.05) is 0 Å². The average Bonchev–Trinajstić information content (AvgIpc) is 2.54. The molecule has 0 N–H and O–H groups in total. The van der Waals surface area contributed by atoms with E-state index in [9.17, 15) is 0 Å². The predicted molar refractivity (Wildman–Crippen MR) is 108 cm³/mol. The molecule has 0 aromatic heterocycles. The van der Waals surface area contributed by atoms with Crippen molar-refractivity contribution < 1.29 is 0 Å². The molecule has 23 heavy (non-hydrogen) atoms. The molecule has 0 rings (SSSR count). The van der Waals surface area contributed by atoms with Crippen molar-refractivity contribution in [3.8, 4) is 0 Å². The summed E-state index contributed by atoms with van der Waals surface area (Å²) in [6, 6.07) is 0. The Morgan fingerprint density at radius 1 is 0.870 bits per heavy atom. The van der Waals surface area contributed by atoms with E-state index < -0.39 is 0 Å². The van der Waals surface area contributed by atoms with Crippen LogP contribution in [0.15, 0.2) is 71.9 Å². The lowest BCUT2D eigenvalue weighted by atomic mass is 9.90. The molecule has 0 aliphatic rings. The van der Waals surface area contributed by atoms with Crippen molar-refractivity contribution >= 4 is 0 Å². The van der Waals surface area contributed by atoms with E-state index in [1.807, 2.05) is 13.0 Å². The van der Waals surface area contributed by atoms with E-state index in [1.165, 1.54) is 30.4 Å². The van der Waals surface area contributed by atoms with Gasteiger partial charge in [-0.3, -0.25) is 0 Å². The Morgan fingerprint density at radius 3 is 1.91 bits per heavy atom. The Kier molecular flexibility index (Phi) is 9.56. The van der Waals surface area contributed by atoms with Gasteiger partial charge >= 0.3 is 0 Å². The Morgan fingerprint density at radius 2 is 1.43 bits per heavy atom. The molecule has 0 saturated heterocycles. The van der Waals surface area contributed by atoms with E-state index in [-0.39, 0.29) is 0 Å². The van der Waals surface area contributed by atoms with Gasteiger partial charge in [0.25, 0.3) is 0 Å². The summed E-state index contributed by atoms with van der Waals surface area (Å²) in [5.74, 6) is 1.30. The predicted octanol–water partition coefficient (Wildman–Crippen LogP) is 7.59. The Labute approximate surface area is 145 Å². The smallest absolute Gasteiger partial charge is 0.0196 e. The summed E-state index contributed by atoms with van der Waals surface area (Å²) in [6.45, 7) is 29.5. The van der Waals surface area contributed by atoms with Crippen molar-refractivity contribution in [1.82, 2.24) is 0 Å². The van der Waals surface area contributed by atoms with Crippen LogP contribution in [-0.4, -0.2) is 0 Å². The first-order chi connectivity index (χ1) is 10.6. The average molecular weight is 313 g/mol. The zero-order valence-corrected chi connectivity index (χ0v) is 16.3. The molecular weight excluding hydrogens is 276 g/mol. The molecule has 0 aromatic rings. The van der Waals surface area contributed by atoms with E-state index in [2.05, 4.69) is 67.0 Å². The van der Waals surface area contributed by atoms with Gasteiger partial charge in [0.2, 0.25) is 0 Å². The molecule has 0 bridgehead atoms. The van der Waals surface area contributed by atoms with E-state index in [0.29, 0.717) is 5.92 Å². The zero-order valence-electron chi connectivity index (χ0n) is 16.3. The summed E-state index contributed by atoms with van der Waals surface area (Å²) in [5.41, 5.74) is 6.50. The number of hydrogen-bond acceptors (Lipinski definition) is 0. The van der Waals surface area contributed by atoms with Crippen molar-refractivity contribution in [3.05, 3.63) is 71.9 Å². The zero-order chi connectivity index (χ0) is 18.2. The quantitative estimate of drug-likeness (QED) is 0.364. The van der Waals surface area contributed by atoms with Crippen LogP contribution in [0.4, 0.5) is 0 Å². The maximum Gasteiger partial charge on any atom is -0.0196 e. The fraction of sp³-hybridized carbons (Fsp3) is 0.478. The fourth-order valence-corrected chi connectivity index (χ4v) is 2.18. The molecule has 0 radical (unpaired) electrons. The molecule has 2 atom stereocenters. The van der Waals surface area contributed by atoms with Crippen LogP contribution in [0.2, 0.25) is 0 Å². The summed E-state index contributed by atoms with van der Waals surface area (Å²) in [4.78, 5) is 0. The molecule has 0 heterocycles. The molecule has 0 heteroatoms. The maximum atomic E-state index is 4.21. The molecule has 0 nitrogen and oxygen atoms in total. The van der Waals surface area contributed by atoms with Gasteiger partial charge in [-0.1, -0.05) is 83.2 Å². The second-order valence-electron chi connectivity index (χ2n) is 6.93. The third kappa shape index (κ3) is 7.50. The van der Waals surface area contributed by atoms with Crippen molar-refractivity contribution in [1.29, 1.82) is 0 Å². The first kappa shape index (κ1) is 21.4. The number of hydrogen-bond donors (Lipinski definition) is 0. The van der Waals surface area contributed by atoms with Crippen LogP contribution >= 0.6 is 0 Å². The molecule has 0 saturated carbocycles. The molecule has 0 aliphatic carbocycles. The minimum absolute atomic E-state index is 0.509. The lowest BCUT2D eigenvalue weighted by molar-refractivity contribution is 0.454. The van der Waals surface area contributed by atoms with Crippen LogP contribution < -0.4 is 0 Å². The second kappa shape index (κ2) is 10.3. The van der Waals surface area contributed by atoms with Gasteiger partial charge in [-0.2, -0.15) is 0 Å². The highest BCUT2D eigenvalue weighted by Gasteiger charge is 2.08. The number of allylic oxidation sites excluding steroid dienone is 8. The van der Waals surface area contributed by atoms with Crippen LogP contribution in [0.5, 0.6) is 0 Å². The standard InChI is InChI=1S/C23H36/c1-11-17(4)12-13-18(5)19(6)14-15-20(7)22(9)23(10)21(8)16(2)3/h14-15,17-18H,2,6-7,9,11-13H2,1,3-5,8,10H3/b15-14-,23-21-. The lowest BCUT2D eigenvalue weighted by Gasteiger charge is -2.15. The SMILES string of the molecule is C=C(/C=C\C(=C)C(C)CCC(C)CC)C(=C)/C(C)=C(/C)C(=C)C. The van der Waals surface area contributed by atoms with Crippen LogP contribution in [0.1, 0.15) is 60.8 Å². The molecule has 0 fully saturated rings. The molecule has 128 valence electrons. The molecule has 0 aliphatic heterocycles. The van der Waals surface area contributed by atoms with Crippen LogP contribution in [0, 0.1) is 11.8 Å². The molecular formula is C23H36. The maximum absolute atomic E-state index is 4.21. The van der Waals surface area contributed by atoms with Crippen LogP contribution in [-0.2, 0) is 0 Å². The monoisotopic (exact) mass is 312 g/mol. The minimum atomic E-state index is 0.509. The largest absolute Gasteiger partial charge is 0.0958 e. The van der Waals surface area contributed by atoms with Gasteiger partial charge in [0, 0.05) is 0 Å². The number of rotatable bonds is 10. The Hall–Kier alpha value is -1.56. The van der Waals surface area contributed by atoms with Gasteiger partial charge in [-0.15, -0.1) is 0 Å². The highest BCUT2D eigenvalue weighted by molar-refractivity contribution is 5.52. The van der Waals surface area contributed by atoms with E-state index in [0.717, 1.165) is 28.2 Å². The van der Waals surface area contributed by atoms with Gasteiger partial charge in [-0.05, 0) is 61.3 Å². The summed E-state index contributed by atoms with van der Waals surface area (Å²) in [7, 11) is 0. The highest BCUT2D eigenvalue weighted by Crippen LogP contribution is 2.25. The first-order valence-corrected chi connectivity index (χ1v) is 8.70. The van der Waals surface area contributed by atoms with E-state index in [1.54, 1.807) is 0 Å². The normalized spacial score (nSPS) is 15.0. The third-order valence-corrected chi connectivity index (χ3v) is 4.96. The van der Waals surface area contributed by atoms with E-state index in [4.69, 9.17) is 0 Å². The summed E-state index contributed by atoms with van der Waals surface area (Å²) in [6.07, 6.45) is 7.84. The van der Waals surface area contributed by atoms with Crippen molar-refractivity contribution in [2.24, 2.45) is 11.8 Å². The Bertz CT molecular complexity index is 522. The first-order valence-electron chi connectivity index (χ1n) is 8.70. The third-order valence-electron chi connectivity index (χ3n) is 4.96. The minimum Gasteiger partial charge on any atom is -0.0958 e. The highest BCUT2D eigenvalue weighted by atomic mass is 14.1. The molecule has 0 amide bonds. The molecule has 0 spiro atoms. The van der Waals surface area contributed by atoms with Gasteiger partial charge in [-0.25, -0.2) is 0 Å². The van der Waals surface area contributed by atoms with Crippen LogP contribution in [0.25, 0.3) is 0 Å². The van der Waals surface area contributed by atoms with Crippen molar-refractivity contribution in [3.63, 3.8) is 0 Å². The molecule has 2 unspecified atom stereocenters. The van der Waals surface area contributed by atoms with Crippen LogP contribution in [0.3, 0.4) is 0 Å². The van der Waals surface area contributed by atoms with Gasteiger partial charge in [0.1, 0.15) is 0 Å². The van der Waals surface area contributed by atoms with Gasteiger partial charge in [0.15, 0.2) is 0 Å². The van der Waals surface area contributed by atoms with Crippen molar-refractivity contribution in [2.45, 2.75) is 60.8 Å². The van der Waals surface area contributed by atoms with Gasteiger partial charge in [0.05, 0.1) is 0 Å². The summed E-state index contributed by atoms with van der Waals surface area (Å²) >= 11 is 0. The second-order valence-corrected chi connectivity index (χ2v) is 6.93. The lowest BCUT2D eigenvalue weighted by Crippen LogP contribution is -2.01. The van der Waals surface area contributed by atoms with E-state index >= 15 is 0 Å². The fourth-order valence-electron chi connectivity index (χ4n) is 2.18. The summed E-state index contributed by atoms with van der Waals surface area (Å²) < 4.78 is 0. The topological polar surface area (TPSA) is 0 Å². The summed E-state index contributed by atoms with van der Waals surface area (Å²) in [5, 5.41) is 0. The molecule has 0 aromatic carbocycles.